The van der Waals surface area contributed by atoms with Gasteiger partial charge in [-0.1, -0.05) is 12.8 Å². The molecule has 1 fully saturated rings. The second-order valence-electron chi connectivity index (χ2n) is 7.78. The monoisotopic (exact) mass is 431 g/mol. The third-order valence-electron chi connectivity index (χ3n) is 5.82. The molecule has 1 aromatic carbocycles. The van der Waals surface area contributed by atoms with Gasteiger partial charge < -0.3 is 0 Å². The number of sulfonamides is 1. The summed E-state index contributed by atoms with van der Waals surface area (Å²) in [5.41, 5.74) is 0.161. The molecule has 1 aliphatic heterocycles. The van der Waals surface area contributed by atoms with Gasteiger partial charge in [0.15, 0.2) is 0 Å². The predicted molar refractivity (Wildman–Crippen MR) is 113 cm³/mol. The Morgan fingerprint density at radius 2 is 1.77 bits per heavy atom. The molecule has 0 amide bonds. The Kier molecular flexibility index (Phi) is 5.15. The van der Waals surface area contributed by atoms with Crippen LogP contribution in [0.3, 0.4) is 0 Å². The van der Waals surface area contributed by atoms with E-state index in [1.165, 1.54) is 34.1 Å². The number of hydrogen-bond acceptors (Lipinski definition) is 5. The van der Waals surface area contributed by atoms with Gasteiger partial charge in [-0.15, -0.1) is 0 Å². The van der Waals surface area contributed by atoms with Crippen molar-refractivity contribution in [1.82, 2.24) is 23.2 Å². The summed E-state index contributed by atoms with van der Waals surface area (Å²) in [6.07, 6.45) is 5.15. The number of benzene rings is 1. The Labute approximate surface area is 174 Å². The van der Waals surface area contributed by atoms with Crippen molar-refractivity contribution in [3.63, 3.8) is 0 Å². The molecule has 0 radical (unpaired) electrons. The van der Waals surface area contributed by atoms with Crippen molar-refractivity contribution >= 4 is 20.9 Å². The molecule has 10 heteroatoms. The molecule has 0 N–H and O–H groups in total. The molecule has 4 rings (SSSR count). The van der Waals surface area contributed by atoms with E-state index in [4.69, 9.17) is 0 Å². The van der Waals surface area contributed by atoms with Crippen LogP contribution in [0.25, 0.3) is 10.9 Å². The first-order valence-electron chi connectivity index (χ1n) is 9.93. The molecule has 3 aromatic rings. The van der Waals surface area contributed by atoms with E-state index in [0.717, 1.165) is 29.5 Å². The summed E-state index contributed by atoms with van der Waals surface area (Å²) in [4.78, 5) is 24.8. The lowest BCUT2D eigenvalue weighted by atomic mass is 10.1. The lowest BCUT2D eigenvalue weighted by molar-refractivity contribution is 0.321. The summed E-state index contributed by atoms with van der Waals surface area (Å²) < 4.78 is 32.8. The quantitative estimate of drug-likeness (QED) is 0.622. The minimum Gasteiger partial charge on any atom is -0.296 e. The number of hydrogen-bond donors (Lipinski definition) is 0. The molecule has 0 saturated carbocycles. The molecule has 0 spiro atoms. The number of aryl methyl sites for hydroxylation is 2. The molecular weight excluding hydrogens is 406 g/mol. The zero-order valence-electron chi connectivity index (χ0n) is 17.3. The fourth-order valence-electron chi connectivity index (χ4n) is 4.15. The van der Waals surface area contributed by atoms with E-state index in [2.05, 4.69) is 5.10 Å². The first-order valence-corrected chi connectivity index (χ1v) is 11.4. The molecule has 1 aliphatic rings. The SMILES string of the molecule is Cn1ccc(C2CCCCCN2S(=O)(=O)c2ccc3c(c2)c(=O)n(C)c(=O)n3C)n1. The van der Waals surface area contributed by atoms with Crippen molar-refractivity contribution < 1.29 is 8.42 Å². The van der Waals surface area contributed by atoms with E-state index in [0.29, 0.717) is 18.5 Å². The van der Waals surface area contributed by atoms with Gasteiger partial charge in [-0.3, -0.25) is 18.6 Å². The Hall–Kier alpha value is -2.72. The van der Waals surface area contributed by atoms with Crippen LogP contribution in [0.1, 0.15) is 37.4 Å². The number of fused-ring (bicyclic) bond motifs is 1. The molecule has 9 nitrogen and oxygen atoms in total. The molecule has 0 bridgehead atoms. The lowest BCUT2D eigenvalue weighted by Crippen LogP contribution is -2.37. The highest BCUT2D eigenvalue weighted by molar-refractivity contribution is 7.89. The van der Waals surface area contributed by atoms with E-state index < -0.39 is 21.3 Å². The molecular formula is C20H25N5O4S. The third-order valence-corrected chi connectivity index (χ3v) is 7.73. The molecule has 1 atom stereocenters. The van der Waals surface area contributed by atoms with Crippen molar-refractivity contribution in [2.24, 2.45) is 21.1 Å². The molecule has 2 aromatic heterocycles. The second kappa shape index (κ2) is 7.51. The van der Waals surface area contributed by atoms with Gasteiger partial charge in [-0.2, -0.15) is 9.40 Å². The van der Waals surface area contributed by atoms with Crippen molar-refractivity contribution in [3.05, 3.63) is 57.0 Å². The van der Waals surface area contributed by atoms with Crippen molar-refractivity contribution in [2.75, 3.05) is 6.54 Å². The Morgan fingerprint density at radius 1 is 1.00 bits per heavy atom. The smallest absolute Gasteiger partial charge is 0.296 e. The molecule has 1 saturated heterocycles. The van der Waals surface area contributed by atoms with E-state index >= 15 is 0 Å². The second-order valence-corrected chi connectivity index (χ2v) is 9.67. The summed E-state index contributed by atoms with van der Waals surface area (Å²) >= 11 is 0. The fourth-order valence-corrected chi connectivity index (χ4v) is 5.84. The summed E-state index contributed by atoms with van der Waals surface area (Å²) in [6.45, 7) is 0.396. The minimum atomic E-state index is -3.87. The van der Waals surface area contributed by atoms with Crippen LogP contribution in [0.2, 0.25) is 0 Å². The third kappa shape index (κ3) is 3.29. The van der Waals surface area contributed by atoms with Gasteiger partial charge in [0, 0.05) is 33.9 Å². The van der Waals surface area contributed by atoms with Crippen LogP contribution in [-0.4, -0.2) is 38.2 Å². The topological polar surface area (TPSA) is 99.2 Å². The van der Waals surface area contributed by atoms with Gasteiger partial charge in [-0.25, -0.2) is 13.2 Å². The van der Waals surface area contributed by atoms with Crippen LogP contribution in [0, 0.1) is 0 Å². The maximum Gasteiger partial charge on any atom is 0.330 e. The summed E-state index contributed by atoms with van der Waals surface area (Å²) in [7, 11) is 0.885. The van der Waals surface area contributed by atoms with Crippen LogP contribution in [0.4, 0.5) is 0 Å². The van der Waals surface area contributed by atoms with E-state index in [-0.39, 0.29) is 16.3 Å². The highest BCUT2D eigenvalue weighted by atomic mass is 32.2. The minimum absolute atomic E-state index is 0.0496. The van der Waals surface area contributed by atoms with Crippen LogP contribution in [-0.2, 0) is 31.2 Å². The predicted octanol–water partition coefficient (Wildman–Crippen LogP) is 1.28. The fraction of sp³-hybridized carbons (Fsp3) is 0.450. The van der Waals surface area contributed by atoms with Gasteiger partial charge in [0.05, 0.1) is 27.5 Å². The largest absolute Gasteiger partial charge is 0.330 e. The van der Waals surface area contributed by atoms with Crippen LogP contribution < -0.4 is 11.2 Å². The van der Waals surface area contributed by atoms with Crippen LogP contribution in [0.15, 0.2) is 44.9 Å². The lowest BCUT2D eigenvalue weighted by Gasteiger charge is -2.28. The van der Waals surface area contributed by atoms with Gasteiger partial charge in [0.25, 0.3) is 5.56 Å². The molecule has 160 valence electrons. The highest BCUT2D eigenvalue weighted by Gasteiger charge is 2.35. The van der Waals surface area contributed by atoms with Crippen molar-refractivity contribution in [2.45, 2.75) is 36.6 Å². The Morgan fingerprint density at radius 3 is 2.47 bits per heavy atom. The van der Waals surface area contributed by atoms with Gasteiger partial charge >= 0.3 is 5.69 Å². The number of rotatable bonds is 3. The van der Waals surface area contributed by atoms with E-state index in [9.17, 15) is 18.0 Å². The van der Waals surface area contributed by atoms with Gasteiger partial charge in [-0.05, 0) is 37.1 Å². The zero-order valence-corrected chi connectivity index (χ0v) is 18.1. The van der Waals surface area contributed by atoms with Crippen LogP contribution in [0.5, 0.6) is 0 Å². The summed E-state index contributed by atoms with van der Waals surface area (Å²) in [5, 5.41) is 4.65. The zero-order chi connectivity index (χ0) is 21.6. The average molecular weight is 432 g/mol. The van der Waals surface area contributed by atoms with Gasteiger partial charge in [0.2, 0.25) is 10.0 Å². The van der Waals surface area contributed by atoms with E-state index in [1.54, 1.807) is 11.7 Å². The van der Waals surface area contributed by atoms with Crippen molar-refractivity contribution in [3.8, 4) is 0 Å². The maximum atomic E-state index is 13.6. The summed E-state index contributed by atoms with van der Waals surface area (Å²) in [5.74, 6) is 0. The highest BCUT2D eigenvalue weighted by Crippen LogP contribution is 2.34. The first kappa shape index (κ1) is 20.5. The molecule has 0 aliphatic carbocycles. The molecule has 1 unspecified atom stereocenters. The maximum absolute atomic E-state index is 13.6. The van der Waals surface area contributed by atoms with Crippen molar-refractivity contribution in [1.29, 1.82) is 0 Å². The number of aromatic nitrogens is 4. The van der Waals surface area contributed by atoms with Gasteiger partial charge in [0.1, 0.15) is 0 Å². The number of nitrogens with zero attached hydrogens (tertiary/aromatic N) is 5. The summed E-state index contributed by atoms with van der Waals surface area (Å²) in [6, 6.07) is 5.88. The normalized spacial score (nSPS) is 18.6. The molecule has 30 heavy (non-hydrogen) atoms. The van der Waals surface area contributed by atoms with Crippen LogP contribution >= 0.6 is 0 Å². The first-order chi connectivity index (χ1) is 14.2. The van der Waals surface area contributed by atoms with E-state index in [1.807, 2.05) is 19.3 Å². The Bertz CT molecular complexity index is 1340. The molecule has 3 heterocycles. The standard InChI is InChI=1S/C20H25N5O4S/c1-22-12-10-16(21-22)18-7-5-4-6-11-25(18)30(28,29)14-8-9-17-15(13-14)19(26)24(3)20(27)23(17)2/h8-10,12-13,18H,4-7,11H2,1-3H3. The average Bonchev–Trinajstić information content (AvgIpc) is 3.00. The Balaban J connectivity index is 1.86.